The maximum atomic E-state index is 11.5. The fourth-order valence-corrected chi connectivity index (χ4v) is 2.27. The third-order valence-electron chi connectivity index (χ3n) is 3.23. The molecule has 5 N–H and O–H groups in total. The topological polar surface area (TPSA) is 81.1 Å². The summed E-state index contributed by atoms with van der Waals surface area (Å²) in [6.07, 6.45) is 11.0. The Labute approximate surface area is 99.0 Å². The van der Waals surface area contributed by atoms with E-state index in [1.807, 2.05) is 24.3 Å². The van der Waals surface area contributed by atoms with Crippen molar-refractivity contribution in [3.05, 3.63) is 59.0 Å². The minimum Gasteiger partial charge on any atom is -0.400 e. The lowest BCUT2D eigenvalue weighted by molar-refractivity contribution is -0.115. The SMILES string of the molecule is NC1=CC=CC2=CC3=C(C=CC(=O)C3N)NC12. The predicted octanol–water partition coefficient (Wildman–Crippen LogP) is 0.0173. The van der Waals surface area contributed by atoms with Crippen molar-refractivity contribution in [3.8, 4) is 0 Å². The van der Waals surface area contributed by atoms with Gasteiger partial charge < -0.3 is 16.8 Å². The quantitative estimate of drug-likeness (QED) is 0.545. The van der Waals surface area contributed by atoms with E-state index in [9.17, 15) is 4.79 Å². The molecule has 2 atom stereocenters. The van der Waals surface area contributed by atoms with Crippen molar-refractivity contribution in [1.29, 1.82) is 0 Å². The largest absolute Gasteiger partial charge is 0.400 e. The highest BCUT2D eigenvalue weighted by molar-refractivity contribution is 5.99. The third-order valence-corrected chi connectivity index (χ3v) is 3.23. The first kappa shape index (κ1) is 10.1. The Balaban J connectivity index is 2.06. The number of fused-ring (bicyclic) bond motifs is 1. The zero-order chi connectivity index (χ0) is 12.0. The molecule has 0 bridgehead atoms. The Morgan fingerprint density at radius 2 is 2.06 bits per heavy atom. The number of nitrogens with one attached hydrogen (secondary N) is 1. The number of hydrogen-bond acceptors (Lipinski definition) is 4. The molecule has 0 saturated carbocycles. The molecule has 1 heterocycles. The fourth-order valence-electron chi connectivity index (χ4n) is 2.27. The van der Waals surface area contributed by atoms with Crippen LogP contribution in [-0.2, 0) is 4.79 Å². The van der Waals surface area contributed by atoms with E-state index in [0.29, 0.717) is 0 Å². The highest BCUT2D eigenvalue weighted by Gasteiger charge is 2.29. The summed E-state index contributed by atoms with van der Waals surface area (Å²) in [4.78, 5) is 11.5. The fraction of sp³-hybridized carbons (Fsp3) is 0.154. The summed E-state index contributed by atoms with van der Waals surface area (Å²) in [6.45, 7) is 0. The van der Waals surface area contributed by atoms with E-state index in [0.717, 1.165) is 22.5 Å². The predicted molar refractivity (Wildman–Crippen MR) is 65.6 cm³/mol. The molecule has 2 aliphatic carbocycles. The Morgan fingerprint density at radius 1 is 1.24 bits per heavy atom. The smallest absolute Gasteiger partial charge is 0.177 e. The van der Waals surface area contributed by atoms with Crippen molar-refractivity contribution < 1.29 is 4.79 Å². The average Bonchev–Trinajstić information content (AvgIpc) is 2.33. The van der Waals surface area contributed by atoms with Gasteiger partial charge in [-0.25, -0.2) is 0 Å². The Kier molecular flexibility index (Phi) is 2.06. The van der Waals surface area contributed by atoms with Crippen LogP contribution >= 0.6 is 0 Å². The number of dihydropyridines is 1. The number of ketones is 1. The summed E-state index contributed by atoms with van der Waals surface area (Å²) in [6, 6.07) is -0.583. The zero-order valence-corrected chi connectivity index (χ0v) is 9.18. The van der Waals surface area contributed by atoms with Crippen LogP contribution in [0, 0.1) is 0 Å². The molecule has 0 saturated heterocycles. The second-order valence-corrected chi connectivity index (χ2v) is 4.33. The molecule has 2 unspecified atom stereocenters. The van der Waals surface area contributed by atoms with Crippen LogP contribution in [0.2, 0.25) is 0 Å². The van der Waals surface area contributed by atoms with Crippen molar-refractivity contribution in [3.63, 3.8) is 0 Å². The van der Waals surface area contributed by atoms with E-state index in [2.05, 4.69) is 5.32 Å². The van der Waals surface area contributed by atoms with Crippen molar-refractivity contribution >= 4 is 5.78 Å². The molecule has 3 aliphatic rings. The lowest BCUT2D eigenvalue weighted by Gasteiger charge is -2.32. The summed E-state index contributed by atoms with van der Waals surface area (Å²) >= 11 is 0. The van der Waals surface area contributed by atoms with Crippen molar-refractivity contribution in [2.75, 3.05) is 0 Å². The van der Waals surface area contributed by atoms with Gasteiger partial charge in [-0.05, 0) is 29.9 Å². The number of hydrogen-bond donors (Lipinski definition) is 3. The summed E-state index contributed by atoms with van der Waals surface area (Å²) < 4.78 is 0. The van der Waals surface area contributed by atoms with Crippen LogP contribution in [0.4, 0.5) is 0 Å². The summed E-state index contributed by atoms with van der Waals surface area (Å²) in [5.41, 5.74) is 15.3. The van der Waals surface area contributed by atoms with Crippen LogP contribution in [0.5, 0.6) is 0 Å². The molecule has 86 valence electrons. The van der Waals surface area contributed by atoms with Crippen molar-refractivity contribution in [2.24, 2.45) is 11.5 Å². The Hall–Kier alpha value is -2.07. The van der Waals surface area contributed by atoms with Gasteiger partial charge in [0.05, 0.1) is 12.1 Å². The van der Waals surface area contributed by atoms with Gasteiger partial charge in [-0.3, -0.25) is 4.79 Å². The second kappa shape index (κ2) is 3.46. The van der Waals surface area contributed by atoms with E-state index in [1.54, 1.807) is 6.08 Å². The average molecular weight is 227 g/mol. The molecule has 0 fully saturated rings. The van der Waals surface area contributed by atoms with Crippen LogP contribution < -0.4 is 16.8 Å². The first-order valence-corrected chi connectivity index (χ1v) is 5.50. The maximum absolute atomic E-state index is 11.5. The first-order valence-electron chi connectivity index (χ1n) is 5.50. The van der Waals surface area contributed by atoms with Crippen LogP contribution in [0.15, 0.2) is 59.0 Å². The molecular formula is C13H13N3O. The van der Waals surface area contributed by atoms with Crippen LogP contribution in [0.1, 0.15) is 0 Å². The molecular weight excluding hydrogens is 214 g/mol. The molecule has 0 spiro atoms. The van der Waals surface area contributed by atoms with Crippen LogP contribution in [0.3, 0.4) is 0 Å². The van der Waals surface area contributed by atoms with Crippen LogP contribution in [0.25, 0.3) is 0 Å². The van der Waals surface area contributed by atoms with Gasteiger partial charge >= 0.3 is 0 Å². The minimum absolute atomic E-state index is 0.0104. The van der Waals surface area contributed by atoms with E-state index in [1.165, 1.54) is 6.08 Å². The molecule has 4 nitrogen and oxygen atoms in total. The van der Waals surface area contributed by atoms with E-state index >= 15 is 0 Å². The highest BCUT2D eigenvalue weighted by atomic mass is 16.1. The molecule has 0 aromatic rings. The van der Waals surface area contributed by atoms with E-state index in [4.69, 9.17) is 11.5 Å². The summed E-state index contributed by atoms with van der Waals surface area (Å²) in [5.74, 6) is -0.0656. The molecule has 0 aromatic heterocycles. The Bertz CT molecular complexity index is 549. The van der Waals surface area contributed by atoms with Gasteiger partial charge in [-0.15, -0.1) is 0 Å². The molecule has 17 heavy (non-hydrogen) atoms. The lowest BCUT2D eigenvalue weighted by Crippen LogP contribution is -2.43. The zero-order valence-electron chi connectivity index (χ0n) is 9.18. The van der Waals surface area contributed by atoms with E-state index in [-0.39, 0.29) is 11.8 Å². The first-order chi connectivity index (χ1) is 8.16. The normalized spacial score (nSPS) is 30.3. The third kappa shape index (κ3) is 1.45. The maximum Gasteiger partial charge on any atom is 0.177 e. The monoisotopic (exact) mass is 227 g/mol. The number of carbonyl (C=O) groups excluding carboxylic acids is 1. The van der Waals surface area contributed by atoms with Gasteiger partial charge in [0.15, 0.2) is 5.78 Å². The molecule has 1 aliphatic heterocycles. The summed E-state index contributed by atoms with van der Waals surface area (Å²) in [7, 11) is 0. The molecule has 4 heteroatoms. The lowest BCUT2D eigenvalue weighted by atomic mass is 9.86. The van der Waals surface area contributed by atoms with E-state index < -0.39 is 6.04 Å². The second-order valence-electron chi connectivity index (χ2n) is 4.33. The van der Waals surface area contributed by atoms with Crippen molar-refractivity contribution in [2.45, 2.75) is 12.1 Å². The molecule has 0 amide bonds. The van der Waals surface area contributed by atoms with Gasteiger partial charge in [-0.2, -0.15) is 0 Å². The van der Waals surface area contributed by atoms with Crippen molar-refractivity contribution in [1.82, 2.24) is 5.32 Å². The Morgan fingerprint density at radius 3 is 2.88 bits per heavy atom. The molecule has 0 aromatic carbocycles. The van der Waals surface area contributed by atoms with Gasteiger partial charge in [0.1, 0.15) is 0 Å². The number of carbonyl (C=O) groups is 1. The highest BCUT2D eigenvalue weighted by Crippen LogP contribution is 2.28. The number of nitrogens with two attached hydrogens (primary N) is 2. The molecule has 3 rings (SSSR count). The van der Waals surface area contributed by atoms with Gasteiger partial charge in [-0.1, -0.05) is 12.2 Å². The number of allylic oxidation sites excluding steroid dienone is 3. The van der Waals surface area contributed by atoms with Crippen LogP contribution in [-0.4, -0.2) is 17.9 Å². The van der Waals surface area contributed by atoms with Gasteiger partial charge in [0.2, 0.25) is 0 Å². The minimum atomic E-state index is -0.573. The standard InChI is InChI=1S/C13H13N3O/c14-9-3-1-2-7-6-8-10(16-13(7)9)4-5-11(17)12(8)15/h1-6,12-13,16H,14-15H2. The number of rotatable bonds is 0. The summed E-state index contributed by atoms with van der Waals surface area (Å²) in [5, 5.41) is 3.31. The van der Waals surface area contributed by atoms with Gasteiger partial charge in [0, 0.05) is 17.0 Å². The molecule has 0 radical (unpaired) electrons. The van der Waals surface area contributed by atoms with Gasteiger partial charge in [0.25, 0.3) is 0 Å².